The van der Waals surface area contributed by atoms with Crippen LogP contribution in [0.25, 0.3) is 0 Å². The predicted molar refractivity (Wildman–Crippen MR) is 80.1 cm³/mol. The highest BCUT2D eigenvalue weighted by Gasteiger charge is 2.20. The van der Waals surface area contributed by atoms with Gasteiger partial charge in [0.05, 0.1) is 13.2 Å². The molecule has 3 rings (SSSR count). The number of nitrogens with zero attached hydrogens (tertiary/aromatic N) is 2. The average Bonchev–Trinajstić information content (AvgIpc) is 3.08. The zero-order chi connectivity index (χ0) is 14.5. The maximum absolute atomic E-state index is 12.0. The van der Waals surface area contributed by atoms with Crippen LogP contribution in [0.1, 0.15) is 18.4 Å². The normalized spacial score (nSPS) is 22.3. The highest BCUT2D eigenvalue weighted by molar-refractivity contribution is 5.82. The second-order valence-electron chi connectivity index (χ2n) is 5.52. The first-order valence-electron chi connectivity index (χ1n) is 7.61. The van der Waals surface area contributed by atoms with Crippen molar-refractivity contribution in [3.8, 4) is 0 Å². The van der Waals surface area contributed by atoms with Gasteiger partial charge in [-0.15, -0.1) is 0 Å². The maximum Gasteiger partial charge on any atom is 0.239 e. The van der Waals surface area contributed by atoms with Gasteiger partial charge >= 0.3 is 0 Å². The molecule has 6 heteroatoms. The standard InChI is InChI=1S/C15H22N4O2/c20-15(13-11-21-8-5-16-13)18-10-12-3-4-17-14(9-12)19-6-1-2-7-19/h3-4,9,13,16H,1-2,5-8,10-11H2,(H,18,20). The molecule has 21 heavy (non-hydrogen) atoms. The Hall–Kier alpha value is -1.66. The molecule has 3 heterocycles. The van der Waals surface area contributed by atoms with Gasteiger partial charge < -0.3 is 20.3 Å². The summed E-state index contributed by atoms with van der Waals surface area (Å²) < 4.78 is 5.30. The maximum atomic E-state index is 12.0. The number of pyridine rings is 1. The van der Waals surface area contributed by atoms with E-state index >= 15 is 0 Å². The van der Waals surface area contributed by atoms with Crippen molar-refractivity contribution >= 4 is 11.7 Å². The number of ether oxygens (including phenoxy) is 1. The van der Waals surface area contributed by atoms with Crippen molar-refractivity contribution in [1.29, 1.82) is 0 Å². The third kappa shape index (κ3) is 3.71. The minimum atomic E-state index is -0.237. The molecule has 6 nitrogen and oxygen atoms in total. The van der Waals surface area contributed by atoms with E-state index in [1.54, 1.807) is 0 Å². The van der Waals surface area contributed by atoms with Crippen molar-refractivity contribution in [1.82, 2.24) is 15.6 Å². The SMILES string of the molecule is O=C(NCc1ccnc(N2CCCC2)c1)C1COCCN1. The summed E-state index contributed by atoms with van der Waals surface area (Å²) in [5.74, 6) is 1.01. The fraction of sp³-hybridized carbons (Fsp3) is 0.600. The Balaban J connectivity index is 1.54. The van der Waals surface area contributed by atoms with Gasteiger partial charge in [-0.05, 0) is 30.5 Å². The summed E-state index contributed by atoms with van der Waals surface area (Å²) in [5, 5.41) is 6.11. The molecule has 2 aliphatic heterocycles. The monoisotopic (exact) mass is 290 g/mol. The molecule has 2 N–H and O–H groups in total. The van der Waals surface area contributed by atoms with Crippen LogP contribution in [0.4, 0.5) is 5.82 Å². The number of carbonyl (C=O) groups is 1. The fourth-order valence-corrected chi connectivity index (χ4v) is 2.74. The zero-order valence-electron chi connectivity index (χ0n) is 12.2. The third-order valence-corrected chi connectivity index (χ3v) is 3.94. The van der Waals surface area contributed by atoms with E-state index < -0.39 is 0 Å². The quantitative estimate of drug-likeness (QED) is 0.834. The van der Waals surface area contributed by atoms with Gasteiger partial charge in [0.2, 0.25) is 5.91 Å². The number of hydrogen-bond donors (Lipinski definition) is 2. The molecule has 0 saturated carbocycles. The van der Waals surface area contributed by atoms with Crippen LogP contribution < -0.4 is 15.5 Å². The minimum Gasteiger partial charge on any atom is -0.378 e. The van der Waals surface area contributed by atoms with Crippen LogP contribution in [0, 0.1) is 0 Å². The second-order valence-corrected chi connectivity index (χ2v) is 5.52. The Bertz CT molecular complexity index is 482. The largest absolute Gasteiger partial charge is 0.378 e. The van der Waals surface area contributed by atoms with Gasteiger partial charge in [-0.25, -0.2) is 4.98 Å². The number of nitrogens with one attached hydrogen (secondary N) is 2. The molecule has 114 valence electrons. The van der Waals surface area contributed by atoms with Gasteiger partial charge in [0.1, 0.15) is 11.9 Å². The lowest BCUT2D eigenvalue weighted by molar-refractivity contribution is -0.126. The van der Waals surface area contributed by atoms with E-state index in [-0.39, 0.29) is 11.9 Å². The summed E-state index contributed by atoms with van der Waals surface area (Å²) in [6, 6.07) is 3.78. The summed E-state index contributed by atoms with van der Waals surface area (Å²) >= 11 is 0. The number of amides is 1. The highest BCUT2D eigenvalue weighted by Crippen LogP contribution is 2.18. The number of anilines is 1. The van der Waals surface area contributed by atoms with Gasteiger partial charge in [0.25, 0.3) is 0 Å². The number of carbonyl (C=O) groups excluding carboxylic acids is 1. The van der Waals surface area contributed by atoms with E-state index in [0.717, 1.165) is 31.0 Å². The lowest BCUT2D eigenvalue weighted by atomic mass is 10.2. The molecule has 1 aromatic rings. The molecule has 0 radical (unpaired) electrons. The molecule has 0 aromatic carbocycles. The highest BCUT2D eigenvalue weighted by atomic mass is 16.5. The molecule has 0 bridgehead atoms. The molecule has 2 aliphatic rings. The van der Waals surface area contributed by atoms with Crippen LogP contribution in [0.15, 0.2) is 18.3 Å². The first kappa shape index (κ1) is 14.3. The van der Waals surface area contributed by atoms with Crippen LogP contribution in [-0.2, 0) is 16.1 Å². The van der Waals surface area contributed by atoms with E-state index in [2.05, 4.69) is 26.6 Å². The van der Waals surface area contributed by atoms with Crippen molar-refractivity contribution < 1.29 is 9.53 Å². The van der Waals surface area contributed by atoms with E-state index in [9.17, 15) is 4.79 Å². The molecule has 1 amide bonds. The lowest BCUT2D eigenvalue weighted by Crippen LogP contribution is -2.51. The Labute approximate surface area is 124 Å². The molecule has 0 spiro atoms. The summed E-state index contributed by atoms with van der Waals surface area (Å²) in [4.78, 5) is 18.7. The van der Waals surface area contributed by atoms with Crippen molar-refractivity contribution in [2.75, 3.05) is 37.7 Å². The number of hydrogen-bond acceptors (Lipinski definition) is 5. The predicted octanol–water partition coefficient (Wildman–Crippen LogP) is 0.286. The first-order valence-corrected chi connectivity index (χ1v) is 7.61. The van der Waals surface area contributed by atoms with Crippen LogP contribution in [-0.4, -0.2) is 49.8 Å². The van der Waals surface area contributed by atoms with Crippen molar-refractivity contribution in [3.05, 3.63) is 23.9 Å². The number of morpholine rings is 1. The molecule has 0 aliphatic carbocycles. The van der Waals surface area contributed by atoms with Crippen molar-refractivity contribution in [2.45, 2.75) is 25.4 Å². The van der Waals surface area contributed by atoms with Gasteiger partial charge in [-0.2, -0.15) is 0 Å². The van der Waals surface area contributed by atoms with E-state index in [1.165, 1.54) is 12.8 Å². The summed E-state index contributed by atoms with van der Waals surface area (Å²) in [5.41, 5.74) is 1.08. The molecule has 2 fully saturated rings. The number of rotatable bonds is 4. The van der Waals surface area contributed by atoms with Crippen molar-refractivity contribution in [2.24, 2.45) is 0 Å². The number of aromatic nitrogens is 1. The van der Waals surface area contributed by atoms with Gasteiger partial charge in [-0.1, -0.05) is 0 Å². The van der Waals surface area contributed by atoms with E-state index in [4.69, 9.17) is 4.74 Å². The Morgan fingerprint density at radius 2 is 2.33 bits per heavy atom. The summed E-state index contributed by atoms with van der Waals surface area (Å²) in [6.07, 6.45) is 4.28. The Kier molecular flexibility index (Phi) is 4.67. The molecule has 2 saturated heterocycles. The van der Waals surface area contributed by atoms with Gasteiger partial charge in [0.15, 0.2) is 0 Å². The Morgan fingerprint density at radius 1 is 1.48 bits per heavy atom. The molecular weight excluding hydrogens is 268 g/mol. The van der Waals surface area contributed by atoms with Crippen molar-refractivity contribution in [3.63, 3.8) is 0 Å². The first-order chi connectivity index (χ1) is 10.3. The summed E-state index contributed by atoms with van der Waals surface area (Å²) in [6.45, 7) is 4.53. The topological polar surface area (TPSA) is 66.5 Å². The summed E-state index contributed by atoms with van der Waals surface area (Å²) in [7, 11) is 0. The molecular formula is C15H22N4O2. The third-order valence-electron chi connectivity index (χ3n) is 3.94. The smallest absolute Gasteiger partial charge is 0.239 e. The second kappa shape index (κ2) is 6.87. The average molecular weight is 290 g/mol. The van der Waals surface area contributed by atoms with Gasteiger partial charge in [0, 0.05) is 32.4 Å². The van der Waals surface area contributed by atoms with Crippen LogP contribution in [0.2, 0.25) is 0 Å². The van der Waals surface area contributed by atoms with Gasteiger partial charge in [-0.3, -0.25) is 4.79 Å². The van der Waals surface area contributed by atoms with Crippen LogP contribution >= 0.6 is 0 Å². The van der Waals surface area contributed by atoms with E-state index in [1.807, 2.05) is 12.3 Å². The molecule has 1 atom stereocenters. The lowest BCUT2D eigenvalue weighted by Gasteiger charge is -2.23. The Morgan fingerprint density at radius 3 is 3.10 bits per heavy atom. The van der Waals surface area contributed by atoms with Crippen LogP contribution in [0.3, 0.4) is 0 Å². The minimum absolute atomic E-state index is 0.00534. The fourth-order valence-electron chi connectivity index (χ4n) is 2.74. The molecule has 1 unspecified atom stereocenters. The van der Waals surface area contributed by atoms with E-state index in [0.29, 0.717) is 19.8 Å². The van der Waals surface area contributed by atoms with Crippen LogP contribution in [0.5, 0.6) is 0 Å². The molecule has 1 aromatic heterocycles. The zero-order valence-corrected chi connectivity index (χ0v) is 12.2.